The van der Waals surface area contributed by atoms with Crippen molar-refractivity contribution in [2.75, 3.05) is 7.11 Å². The van der Waals surface area contributed by atoms with Crippen LogP contribution in [-0.4, -0.2) is 11.8 Å². The summed E-state index contributed by atoms with van der Waals surface area (Å²) < 4.78 is 1.69. The monoisotopic (exact) mass is 203 g/mol. The van der Waals surface area contributed by atoms with E-state index in [1.165, 1.54) is 0 Å². The zero-order chi connectivity index (χ0) is 11.0. The number of pyridine rings is 1. The molecule has 3 nitrogen and oxygen atoms in total. The summed E-state index contributed by atoms with van der Waals surface area (Å²) >= 11 is 0. The Morgan fingerprint density at radius 3 is 2.67 bits per heavy atom. The lowest BCUT2D eigenvalue weighted by Gasteiger charge is -2.13. The van der Waals surface area contributed by atoms with E-state index in [2.05, 4.69) is 0 Å². The Morgan fingerprint density at radius 2 is 2.00 bits per heavy atom. The Kier molecular flexibility index (Phi) is 2.23. The van der Waals surface area contributed by atoms with Gasteiger partial charge in [0.15, 0.2) is 5.43 Å². The van der Waals surface area contributed by atoms with Crippen LogP contribution in [0.25, 0.3) is 10.9 Å². The molecular formula is C12H13NO2. The van der Waals surface area contributed by atoms with Gasteiger partial charge in [0.05, 0.1) is 11.2 Å². The van der Waals surface area contributed by atoms with Gasteiger partial charge in [0.1, 0.15) is 7.11 Å². The molecule has 0 atom stereocenters. The summed E-state index contributed by atoms with van der Waals surface area (Å²) in [5.41, 5.74) is 2.74. The topological polar surface area (TPSA) is 31.2 Å². The quantitative estimate of drug-likeness (QED) is 0.706. The number of aromatic nitrogens is 1. The largest absolute Gasteiger partial charge is 0.417 e. The van der Waals surface area contributed by atoms with Gasteiger partial charge in [0.25, 0.3) is 0 Å². The average Bonchev–Trinajstić information content (AvgIpc) is 2.20. The predicted octanol–water partition coefficient (Wildman–Crippen LogP) is 1.68. The molecule has 2 aromatic rings. The third-order valence-electron chi connectivity index (χ3n) is 2.55. The molecule has 1 heterocycles. The molecule has 0 aliphatic carbocycles. The number of benzene rings is 1. The van der Waals surface area contributed by atoms with Crippen LogP contribution in [0.2, 0.25) is 0 Å². The maximum Gasteiger partial charge on any atom is 0.189 e. The summed E-state index contributed by atoms with van der Waals surface area (Å²) in [5, 5.41) is 0.697. The van der Waals surface area contributed by atoms with E-state index < -0.39 is 0 Å². The van der Waals surface area contributed by atoms with Crippen molar-refractivity contribution in [2.24, 2.45) is 0 Å². The van der Waals surface area contributed by atoms with Crippen molar-refractivity contribution in [3.63, 3.8) is 0 Å². The van der Waals surface area contributed by atoms with Gasteiger partial charge in [-0.3, -0.25) is 4.79 Å². The highest BCUT2D eigenvalue weighted by molar-refractivity contribution is 5.82. The van der Waals surface area contributed by atoms with Gasteiger partial charge in [-0.1, -0.05) is 12.1 Å². The smallest absolute Gasteiger partial charge is 0.189 e. The summed E-state index contributed by atoms with van der Waals surface area (Å²) in [6, 6.07) is 7.26. The Bertz CT molecular complexity index is 570. The first-order valence-corrected chi connectivity index (χ1v) is 4.81. The summed E-state index contributed by atoms with van der Waals surface area (Å²) in [5.74, 6) is 0. The number of rotatable bonds is 1. The second kappa shape index (κ2) is 3.42. The molecule has 0 N–H and O–H groups in total. The molecule has 15 heavy (non-hydrogen) atoms. The van der Waals surface area contributed by atoms with Gasteiger partial charge in [0, 0.05) is 11.5 Å². The lowest BCUT2D eigenvalue weighted by molar-refractivity contribution is 0.171. The number of hydrogen-bond acceptors (Lipinski definition) is 2. The number of aryl methyl sites for hydroxylation is 2. The third kappa shape index (κ3) is 1.40. The normalized spacial score (nSPS) is 10.6. The molecule has 0 unspecified atom stereocenters. The van der Waals surface area contributed by atoms with Crippen molar-refractivity contribution in [1.82, 2.24) is 4.73 Å². The van der Waals surface area contributed by atoms with Crippen LogP contribution in [0.1, 0.15) is 11.3 Å². The third-order valence-corrected chi connectivity index (χ3v) is 2.55. The van der Waals surface area contributed by atoms with E-state index in [0.717, 1.165) is 16.8 Å². The van der Waals surface area contributed by atoms with Gasteiger partial charge in [-0.25, -0.2) is 0 Å². The van der Waals surface area contributed by atoms with E-state index >= 15 is 0 Å². The zero-order valence-corrected chi connectivity index (χ0v) is 9.07. The molecule has 0 saturated heterocycles. The van der Waals surface area contributed by atoms with E-state index in [4.69, 9.17) is 4.84 Å². The molecular weight excluding hydrogens is 190 g/mol. The Balaban J connectivity index is 3.05. The summed E-state index contributed by atoms with van der Waals surface area (Å²) in [6.07, 6.45) is 0. The lowest BCUT2D eigenvalue weighted by Crippen LogP contribution is -2.17. The maximum absolute atomic E-state index is 11.8. The second-order valence-corrected chi connectivity index (χ2v) is 3.60. The van der Waals surface area contributed by atoms with Crippen molar-refractivity contribution in [3.05, 3.63) is 45.7 Å². The van der Waals surface area contributed by atoms with Gasteiger partial charge in [-0.2, -0.15) is 4.73 Å². The molecule has 0 aliphatic heterocycles. The fourth-order valence-electron chi connectivity index (χ4n) is 1.87. The van der Waals surface area contributed by atoms with E-state index in [-0.39, 0.29) is 5.43 Å². The standard InChI is InChI=1S/C12H13NO2/c1-8-5-4-6-10-11(14)7-9(2)13(15-3)12(8)10/h4-7H,1-3H3. The van der Waals surface area contributed by atoms with Crippen molar-refractivity contribution in [1.29, 1.82) is 0 Å². The van der Waals surface area contributed by atoms with Crippen molar-refractivity contribution >= 4 is 10.9 Å². The molecule has 0 spiro atoms. The number of hydrogen-bond donors (Lipinski definition) is 0. The second-order valence-electron chi connectivity index (χ2n) is 3.60. The van der Waals surface area contributed by atoms with Crippen LogP contribution < -0.4 is 10.3 Å². The van der Waals surface area contributed by atoms with E-state index in [1.807, 2.05) is 32.0 Å². The molecule has 0 fully saturated rings. The van der Waals surface area contributed by atoms with Gasteiger partial charge < -0.3 is 4.84 Å². The molecule has 1 aromatic carbocycles. The number of fused-ring (bicyclic) bond motifs is 1. The first-order chi connectivity index (χ1) is 7.15. The van der Waals surface area contributed by atoms with Crippen LogP contribution in [-0.2, 0) is 0 Å². The van der Waals surface area contributed by atoms with Crippen molar-refractivity contribution in [3.8, 4) is 0 Å². The van der Waals surface area contributed by atoms with E-state index in [0.29, 0.717) is 5.39 Å². The van der Waals surface area contributed by atoms with Gasteiger partial charge in [-0.05, 0) is 25.5 Å². The minimum absolute atomic E-state index is 0.0412. The first-order valence-electron chi connectivity index (χ1n) is 4.81. The van der Waals surface area contributed by atoms with Crippen LogP contribution in [0.3, 0.4) is 0 Å². The lowest BCUT2D eigenvalue weighted by atomic mass is 10.1. The predicted molar refractivity (Wildman–Crippen MR) is 60.2 cm³/mol. The minimum atomic E-state index is 0.0412. The molecule has 0 amide bonds. The van der Waals surface area contributed by atoms with Crippen LogP contribution in [0, 0.1) is 13.8 Å². The van der Waals surface area contributed by atoms with Crippen molar-refractivity contribution in [2.45, 2.75) is 13.8 Å². The Morgan fingerprint density at radius 1 is 1.27 bits per heavy atom. The summed E-state index contributed by atoms with van der Waals surface area (Å²) in [7, 11) is 1.60. The molecule has 0 radical (unpaired) electrons. The zero-order valence-electron chi connectivity index (χ0n) is 9.07. The minimum Gasteiger partial charge on any atom is -0.417 e. The van der Waals surface area contributed by atoms with Gasteiger partial charge in [0.2, 0.25) is 0 Å². The molecule has 0 saturated carbocycles. The summed E-state index contributed by atoms with van der Waals surface area (Å²) in [4.78, 5) is 17.0. The highest BCUT2D eigenvalue weighted by Crippen LogP contribution is 2.15. The molecule has 2 rings (SSSR count). The Labute approximate surface area is 87.9 Å². The first kappa shape index (κ1) is 9.77. The highest BCUT2D eigenvalue weighted by Gasteiger charge is 2.08. The Hall–Kier alpha value is -1.77. The number of para-hydroxylation sites is 1. The number of nitrogens with zero attached hydrogens (tertiary/aromatic N) is 1. The summed E-state index contributed by atoms with van der Waals surface area (Å²) in [6.45, 7) is 3.83. The van der Waals surface area contributed by atoms with E-state index in [9.17, 15) is 4.79 Å². The molecule has 78 valence electrons. The molecule has 0 bridgehead atoms. The average molecular weight is 203 g/mol. The highest BCUT2D eigenvalue weighted by atomic mass is 16.6. The fourth-order valence-corrected chi connectivity index (χ4v) is 1.87. The van der Waals surface area contributed by atoms with Crippen LogP contribution in [0.5, 0.6) is 0 Å². The van der Waals surface area contributed by atoms with Gasteiger partial charge >= 0.3 is 0 Å². The molecule has 0 aliphatic rings. The molecule has 1 aromatic heterocycles. The van der Waals surface area contributed by atoms with Gasteiger partial charge in [-0.15, -0.1) is 0 Å². The fraction of sp³-hybridized carbons (Fsp3) is 0.250. The molecule has 3 heteroatoms. The SMILES string of the molecule is COn1c(C)cc(=O)c2cccc(C)c21. The van der Waals surface area contributed by atoms with E-state index in [1.54, 1.807) is 17.9 Å². The van der Waals surface area contributed by atoms with Crippen LogP contribution >= 0.6 is 0 Å². The van der Waals surface area contributed by atoms with Crippen LogP contribution in [0.15, 0.2) is 29.1 Å². The maximum atomic E-state index is 11.8. The van der Waals surface area contributed by atoms with Crippen molar-refractivity contribution < 1.29 is 4.84 Å². The van der Waals surface area contributed by atoms with Crippen LogP contribution in [0.4, 0.5) is 0 Å².